The van der Waals surface area contributed by atoms with E-state index in [9.17, 15) is 9.59 Å². The molecule has 0 saturated carbocycles. The molecule has 0 fully saturated rings. The van der Waals surface area contributed by atoms with E-state index >= 15 is 0 Å². The molecular weight excluding hydrogens is 322 g/mol. The number of hydrogen-bond donors (Lipinski definition) is 4. The molecule has 0 spiro atoms. The summed E-state index contributed by atoms with van der Waals surface area (Å²) in [6.45, 7) is 2.33. The second-order valence-electron chi connectivity index (χ2n) is 6.12. The van der Waals surface area contributed by atoms with E-state index in [1.165, 1.54) is 11.3 Å². The number of benzene rings is 1. The van der Waals surface area contributed by atoms with Crippen LogP contribution in [0.4, 0.5) is 5.69 Å². The Morgan fingerprint density at radius 1 is 1.08 bits per heavy atom. The van der Waals surface area contributed by atoms with Gasteiger partial charge in [-0.1, -0.05) is 24.6 Å². The highest BCUT2D eigenvalue weighted by atomic mass is 32.1. The van der Waals surface area contributed by atoms with Gasteiger partial charge in [-0.2, -0.15) is 12.6 Å². The number of thiol groups is 1. The molecule has 0 saturated heterocycles. The third-order valence-corrected chi connectivity index (χ3v) is 4.59. The minimum absolute atomic E-state index is 0.0425. The largest absolute Gasteiger partial charge is 0.384 e. The van der Waals surface area contributed by atoms with E-state index in [4.69, 9.17) is 0 Å². The van der Waals surface area contributed by atoms with Crippen molar-refractivity contribution in [1.29, 1.82) is 0 Å². The van der Waals surface area contributed by atoms with Crippen LogP contribution in [0.5, 0.6) is 0 Å². The third kappa shape index (κ3) is 6.07. The smallest absolute Gasteiger partial charge is 0.229 e. The molecule has 6 heteroatoms. The minimum Gasteiger partial charge on any atom is -0.384 e. The molecule has 1 aromatic rings. The lowest BCUT2D eigenvalue weighted by Crippen LogP contribution is -2.26. The van der Waals surface area contributed by atoms with Gasteiger partial charge in [0.1, 0.15) is 0 Å². The van der Waals surface area contributed by atoms with Crippen LogP contribution in [0.1, 0.15) is 43.6 Å². The van der Waals surface area contributed by atoms with Crippen LogP contribution in [0.2, 0.25) is 0 Å². The summed E-state index contributed by atoms with van der Waals surface area (Å²) in [5.41, 5.74) is 2.58. The number of amides is 2. The van der Waals surface area contributed by atoms with E-state index in [1.54, 1.807) is 0 Å². The Bertz CT molecular complexity index is 551. The first-order chi connectivity index (χ1) is 11.7. The maximum absolute atomic E-state index is 11.8. The van der Waals surface area contributed by atoms with Crippen molar-refractivity contribution in [3.8, 4) is 0 Å². The molecule has 0 aromatic heterocycles. The van der Waals surface area contributed by atoms with Crippen molar-refractivity contribution < 1.29 is 9.59 Å². The zero-order chi connectivity index (χ0) is 17.2. The Labute approximate surface area is 149 Å². The SMILES string of the molecule is O=C(CS)NCCCCCC(=O)NCCC1CNc2ccccc21. The summed E-state index contributed by atoms with van der Waals surface area (Å²) in [5.74, 6) is 0.785. The van der Waals surface area contributed by atoms with Gasteiger partial charge in [0.25, 0.3) is 0 Å². The standard InChI is InChI=1S/C18H27N3O2S/c22-17(8-2-1-5-10-19-18(23)13-24)20-11-9-14-12-21-16-7-4-3-6-15(14)16/h3-4,6-7,14,21,24H,1-2,5,8-13H2,(H,19,23)(H,20,22). The lowest BCUT2D eigenvalue weighted by Gasteiger charge is -2.11. The van der Waals surface area contributed by atoms with Crippen molar-refractivity contribution in [3.05, 3.63) is 29.8 Å². The van der Waals surface area contributed by atoms with Gasteiger partial charge in [0, 0.05) is 37.7 Å². The Morgan fingerprint density at radius 2 is 1.88 bits per heavy atom. The molecule has 1 heterocycles. The van der Waals surface area contributed by atoms with E-state index in [0.717, 1.165) is 38.8 Å². The number of carbonyl (C=O) groups excluding carboxylic acids is 2. The predicted octanol–water partition coefficient (Wildman–Crippen LogP) is 2.31. The molecule has 2 amide bonds. The van der Waals surface area contributed by atoms with Gasteiger partial charge in [0.2, 0.25) is 11.8 Å². The summed E-state index contributed by atoms with van der Waals surface area (Å²) < 4.78 is 0. The van der Waals surface area contributed by atoms with Gasteiger partial charge in [0.05, 0.1) is 5.75 Å². The molecular formula is C18H27N3O2S. The van der Waals surface area contributed by atoms with E-state index in [0.29, 0.717) is 18.9 Å². The van der Waals surface area contributed by atoms with E-state index in [-0.39, 0.29) is 17.6 Å². The van der Waals surface area contributed by atoms with Crippen LogP contribution < -0.4 is 16.0 Å². The number of carbonyl (C=O) groups is 2. The molecule has 5 nitrogen and oxygen atoms in total. The van der Waals surface area contributed by atoms with Gasteiger partial charge in [-0.15, -0.1) is 0 Å². The monoisotopic (exact) mass is 349 g/mol. The highest BCUT2D eigenvalue weighted by Crippen LogP contribution is 2.32. The number of nitrogens with one attached hydrogen (secondary N) is 3. The van der Waals surface area contributed by atoms with Gasteiger partial charge in [-0.25, -0.2) is 0 Å². The van der Waals surface area contributed by atoms with Crippen LogP contribution in [0.25, 0.3) is 0 Å². The van der Waals surface area contributed by atoms with Crippen molar-refractivity contribution in [2.24, 2.45) is 0 Å². The zero-order valence-corrected chi connectivity index (χ0v) is 14.9. The van der Waals surface area contributed by atoms with Gasteiger partial charge in [0.15, 0.2) is 0 Å². The van der Waals surface area contributed by atoms with Gasteiger partial charge in [-0.3, -0.25) is 9.59 Å². The Kier molecular flexibility index (Phi) is 7.95. The van der Waals surface area contributed by atoms with E-state index < -0.39 is 0 Å². The quantitative estimate of drug-likeness (QED) is 0.387. The van der Waals surface area contributed by atoms with E-state index in [1.807, 2.05) is 6.07 Å². The number of unbranched alkanes of at least 4 members (excludes halogenated alkanes) is 2. The normalized spacial score (nSPS) is 15.5. The number of fused-ring (bicyclic) bond motifs is 1. The first kappa shape index (κ1) is 18.6. The molecule has 1 atom stereocenters. The molecule has 1 aromatic carbocycles. The molecule has 3 N–H and O–H groups in total. The Morgan fingerprint density at radius 3 is 2.71 bits per heavy atom. The first-order valence-corrected chi connectivity index (χ1v) is 9.31. The summed E-state index contributed by atoms with van der Waals surface area (Å²) in [6.07, 6.45) is 4.22. The summed E-state index contributed by atoms with van der Waals surface area (Å²) in [4.78, 5) is 22.8. The molecule has 1 aliphatic rings. The second-order valence-corrected chi connectivity index (χ2v) is 6.44. The topological polar surface area (TPSA) is 70.2 Å². The van der Waals surface area contributed by atoms with Crippen LogP contribution >= 0.6 is 12.6 Å². The van der Waals surface area contributed by atoms with Crippen LogP contribution in [-0.4, -0.2) is 37.2 Å². The van der Waals surface area contributed by atoms with Gasteiger partial charge < -0.3 is 16.0 Å². The number of para-hydroxylation sites is 1. The molecule has 1 unspecified atom stereocenters. The molecule has 0 bridgehead atoms. The Balaban J connectivity index is 1.51. The molecule has 132 valence electrons. The number of anilines is 1. The molecule has 24 heavy (non-hydrogen) atoms. The van der Waals surface area contributed by atoms with Gasteiger partial charge in [-0.05, 0) is 30.9 Å². The number of rotatable bonds is 10. The lowest BCUT2D eigenvalue weighted by atomic mass is 9.98. The van der Waals surface area contributed by atoms with Crippen molar-refractivity contribution in [2.45, 2.75) is 38.0 Å². The van der Waals surface area contributed by atoms with Crippen LogP contribution in [0, 0.1) is 0 Å². The van der Waals surface area contributed by atoms with Crippen molar-refractivity contribution in [2.75, 3.05) is 30.7 Å². The summed E-state index contributed by atoms with van der Waals surface area (Å²) in [6, 6.07) is 8.37. The average Bonchev–Trinajstić information content (AvgIpc) is 3.01. The fraction of sp³-hybridized carbons (Fsp3) is 0.556. The summed E-state index contributed by atoms with van der Waals surface area (Å²) in [5, 5.41) is 9.19. The fourth-order valence-electron chi connectivity index (χ4n) is 2.96. The highest BCUT2D eigenvalue weighted by Gasteiger charge is 2.20. The van der Waals surface area contributed by atoms with E-state index in [2.05, 4.69) is 46.8 Å². The summed E-state index contributed by atoms with van der Waals surface area (Å²) >= 11 is 3.90. The Hall–Kier alpha value is -1.69. The highest BCUT2D eigenvalue weighted by molar-refractivity contribution is 7.81. The third-order valence-electron chi connectivity index (χ3n) is 4.30. The zero-order valence-electron chi connectivity index (χ0n) is 14.0. The van der Waals surface area contributed by atoms with Gasteiger partial charge >= 0.3 is 0 Å². The maximum atomic E-state index is 11.8. The van der Waals surface area contributed by atoms with Crippen LogP contribution in [0.15, 0.2) is 24.3 Å². The number of hydrogen-bond acceptors (Lipinski definition) is 4. The fourth-order valence-corrected chi connectivity index (χ4v) is 3.07. The average molecular weight is 350 g/mol. The van der Waals surface area contributed by atoms with Crippen LogP contribution in [0.3, 0.4) is 0 Å². The van der Waals surface area contributed by atoms with Crippen molar-refractivity contribution in [1.82, 2.24) is 10.6 Å². The summed E-state index contributed by atoms with van der Waals surface area (Å²) in [7, 11) is 0. The van der Waals surface area contributed by atoms with Crippen LogP contribution in [-0.2, 0) is 9.59 Å². The second kappa shape index (κ2) is 10.2. The predicted molar refractivity (Wildman–Crippen MR) is 101 cm³/mol. The lowest BCUT2D eigenvalue weighted by molar-refractivity contribution is -0.121. The molecule has 2 rings (SSSR count). The van der Waals surface area contributed by atoms with Crippen molar-refractivity contribution >= 4 is 30.1 Å². The molecule has 0 radical (unpaired) electrons. The first-order valence-electron chi connectivity index (χ1n) is 8.67. The molecule has 1 aliphatic heterocycles. The van der Waals surface area contributed by atoms with Crippen molar-refractivity contribution in [3.63, 3.8) is 0 Å². The maximum Gasteiger partial charge on any atom is 0.229 e. The minimum atomic E-state index is -0.0425. The molecule has 0 aliphatic carbocycles.